The average Bonchev–Trinajstić information content (AvgIpc) is 2.90. The number of nitrogens with zero attached hydrogens (tertiary/aromatic N) is 6. The Morgan fingerprint density at radius 1 is 1.22 bits per heavy atom. The summed E-state index contributed by atoms with van der Waals surface area (Å²) in [5, 5.41) is 9.85. The lowest BCUT2D eigenvalue weighted by molar-refractivity contribution is 0.0325. The van der Waals surface area contributed by atoms with Crippen molar-refractivity contribution in [2.75, 3.05) is 26.7 Å². The summed E-state index contributed by atoms with van der Waals surface area (Å²) in [6.45, 7) is 5.45. The van der Waals surface area contributed by atoms with E-state index in [0.717, 1.165) is 5.56 Å². The van der Waals surface area contributed by atoms with Crippen LogP contribution in [0.3, 0.4) is 0 Å². The number of pyridine rings is 2. The van der Waals surface area contributed by atoms with Crippen LogP contribution in [0.15, 0.2) is 55.4 Å². The van der Waals surface area contributed by atoms with E-state index in [1.807, 2.05) is 39.1 Å². The van der Waals surface area contributed by atoms with Gasteiger partial charge in [-0.3, -0.25) is 9.69 Å². The first kappa shape index (κ1) is 25.2. The second-order valence-electron chi connectivity index (χ2n) is 9.11. The van der Waals surface area contributed by atoms with Gasteiger partial charge < -0.3 is 14.7 Å². The molecule has 0 saturated heterocycles. The molecular weight excluding hydrogens is 456 g/mol. The van der Waals surface area contributed by atoms with Crippen molar-refractivity contribution in [2.45, 2.75) is 32.5 Å². The molecule has 0 aliphatic carbocycles. The Balaban J connectivity index is 1.63. The molecule has 0 aromatic carbocycles. The van der Waals surface area contributed by atoms with Crippen molar-refractivity contribution < 1.29 is 14.6 Å². The van der Waals surface area contributed by atoms with Gasteiger partial charge in [0.15, 0.2) is 0 Å². The predicted octanol–water partition coefficient (Wildman–Crippen LogP) is 2.02. The smallest absolute Gasteiger partial charge is 0.259 e. The van der Waals surface area contributed by atoms with Crippen LogP contribution in [-0.4, -0.2) is 79.6 Å². The lowest BCUT2D eigenvalue weighted by Crippen LogP contribution is -2.49. The quantitative estimate of drug-likeness (QED) is 0.528. The minimum absolute atomic E-state index is 0.00371. The van der Waals surface area contributed by atoms with Crippen LogP contribution in [0.5, 0.6) is 5.88 Å². The van der Waals surface area contributed by atoms with E-state index >= 15 is 0 Å². The van der Waals surface area contributed by atoms with Crippen LogP contribution >= 0.6 is 0 Å². The number of aromatic nitrogens is 4. The minimum Gasteiger partial charge on any atom is -0.472 e. The summed E-state index contributed by atoms with van der Waals surface area (Å²) in [7, 11) is 2.01. The maximum absolute atomic E-state index is 13.5. The number of amides is 1. The highest BCUT2D eigenvalue weighted by Gasteiger charge is 2.34. The Hall–Kier alpha value is -3.87. The van der Waals surface area contributed by atoms with E-state index in [1.54, 1.807) is 35.8 Å². The summed E-state index contributed by atoms with van der Waals surface area (Å²) < 4.78 is 6.35. The third kappa shape index (κ3) is 6.22. The molecule has 3 aromatic heterocycles. The van der Waals surface area contributed by atoms with Gasteiger partial charge in [-0.1, -0.05) is 18.9 Å². The molecule has 3 aromatic rings. The molecule has 0 fully saturated rings. The molecule has 1 N–H and O–H groups in total. The Bertz CT molecular complexity index is 1230. The van der Waals surface area contributed by atoms with Crippen LogP contribution in [0.25, 0.3) is 0 Å². The minimum atomic E-state index is -0.353. The van der Waals surface area contributed by atoms with Gasteiger partial charge in [0.2, 0.25) is 5.88 Å². The van der Waals surface area contributed by atoms with E-state index in [2.05, 4.69) is 36.7 Å². The Kier molecular flexibility index (Phi) is 8.21. The number of carbonyl (C=O) groups is 1. The third-order valence-electron chi connectivity index (χ3n) is 6.08. The van der Waals surface area contributed by atoms with Gasteiger partial charge in [0.1, 0.15) is 23.7 Å². The van der Waals surface area contributed by atoms with Crippen molar-refractivity contribution in [2.24, 2.45) is 5.92 Å². The number of hydrogen-bond donors (Lipinski definition) is 1. The molecule has 1 aliphatic rings. The zero-order valence-corrected chi connectivity index (χ0v) is 20.7. The van der Waals surface area contributed by atoms with Crippen LogP contribution in [-0.2, 0) is 6.54 Å². The summed E-state index contributed by atoms with van der Waals surface area (Å²) in [6, 6.07) is 6.86. The third-order valence-corrected chi connectivity index (χ3v) is 6.08. The predicted molar refractivity (Wildman–Crippen MR) is 134 cm³/mol. The molecule has 0 radical (unpaired) electrons. The summed E-state index contributed by atoms with van der Waals surface area (Å²) in [4.78, 5) is 34.2. The maximum atomic E-state index is 13.5. The first-order chi connectivity index (χ1) is 17.4. The number of aliphatic hydroxyl groups excluding tert-OH is 1. The molecule has 36 heavy (non-hydrogen) atoms. The number of carbonyl (C=O) groups excluding carboxylic acids is 1. The highest BCUT2D eigenvalue weighted by Crippen LogP contribution is 2.27. The molecule has 0 unspecified atom stereocenters. The van der Waals surface area contributed by atoms with E-state index in [-0.39, 0.29) is 36.5 Å². The van der Waals surface area contributed by atoms with Crippen LogP contribution in [0.4, 0.5) is 0 Å². The second kappa shape index (κ2) is 11.7. The molecule has 0 saturated carbocycles. The van der Waals surface area contributed by atoms with Gasteiger partial charge in [-0.25, -0.2) is 19.9 Å². The van der Waals surface area contributed by atoms with E-state index in [0.29, 0.717) is 36.5 Å². The maximum Gasteiger partial charge on any atom is 0.259 e. The molecular formula is C27H30N6O3. The van der Waals surface area contributed by atoms with Crippen LogP contribution in [0.1, 0.15) is 41.0 Å². The number of hydrogen-bond acceptors (Lipinski definition) is 8. The first-order valence-electron chi connectivity index (χ1n) is 11.9. The molecule has 3 atom stereocenters. The fourth-order valence-corrected chi connectivity index (χ4v) is 4.06. The van der Waals surface area contributed by atoms with Gasteiger partial charge in [-0.2, -0.15) is 0 Å². The fourth-order valence-electron chi connectivity index (χ4n) is 4.06. The number of ether oxygens (including phenoxy) is 1. The molecule has 4 rings (SSSR count). The van der Waals surface area contributed by atoms with Gasteiger partial charge in [0.25, 0.3) is 5.91 Å². The fraction of sp³-hybridized carbons (Fsp3) is 0.370. The Morgan fingerprint density at radius 2 is 2.03 bits per heavy atom. The number of aliphatic hydroxyl groups is 1. The van der Waals surface area contributed by atoms with Crippen molar-refractivity contribution in [1.29, 1.82) is 0 Å². The summed E-state index contributed by atoms with van der Waals surface area (Å²) in [5.41, 5.74) is 2.54. The van der Waals surface area contributed by atoms with E-state index in [9.17, 15) is 9.90 Å². The van der Waals surface area contributed by atoms with Crippen molar-refractivity contribution in [3.8, 4) is 17.7 Å². The van der Waals surface area contributed by atoms with E-state index in [4.69, 9.17) is 4.74 Å². The largest absolute Gasteiger partial charge is 0.472 e. The van der Waals surface area contributed by atoms with Crippen LogP contribution in [0, 0.1) is 17.8 Å². The number of rotatable bonds is 6. The molecule has 4 heterocycles. The summed E-state index contributed by atoms with van der Waals surface area (Å²) >= 11 is 0. The molecule has 9 nitrogen and oxygen atoms in total. The van der Waals surface area contributed by atoms with Crippen molar-refractivity contribution >= 4 is 5.91 Å². The monoisotopic (exact) mass is 486 g/mol. The number of fused-ring (bicyclic) bond motifs is 1. The van der Waals surface area contributed by atoms with Crippen molar-refractivity contribution in [3.05, 3.63) is 77.8 Å². The van der Waals surface area contributed by atoms with Gasteiger partial charge in [-0.15, -0.1) is 0 Å². The molecule has 0 bridgehead atoms. The molecule has 1 amide bonds. The van der Waals surface area contributed by atoms with E-state index in [1.165, 1.54) is 6.33 Å². The Morgan fingerprint density at radius 3 is 2.75 bits per heavy atom. The lowest BCUT2D eigenvalue weighted by Gasteiger charge is -2.37. The second-order valence-corrected chi connectivity index (χ2v) is 9.11. The molecule has 0 spiro atoms. The van der Waals surface area contributed by atoms with Gasteiger partial charge in [0, 0.05) is 61.5 Å². The molecule has 1 aliphatic heterocycles. The zero-order chi connectivity index (χ0) is 25.5. The van der Waals surface area contributed by atoms with Crippen molar-refractivity contribution in [1.82, 2.24) is 29.7 Å². The van der Waals surface area contributed by atoms with Crippen molar-refractivity contribution in [3.63, 3.8) is 0 Å². The highest BCUT2D eigenvalue weighted by molar-refractivity contribution is 5.97. The Labute approximate surface area is 211 Å². The zero-order valence-electron chi connectivity index (χ0n) is 20.7. The van der Waals surface area contributed by atoms with Crippen LogP contribution < -0.4 is 4.74 Å². The lowest BCUT2D eigenvalue weighted by atomic mass is 9.99. The topological polar surface area (TPSA) is 105 Å². The van der Waals surface area contributed by atoms with Gasteiger partial charge in [0.05, 0.1) is 12.6 Å². The number of likely N-dealkylation sites (N-methyl/N-ethyl adjacent to an activating group) is 1. The average molecular weight is 487 g/mol. The summed E-state index contributed by atoms with van der Waals surface area (Å²) in [6.07, 6.45) is 8.14. The molecule has 9 heteroatoms. The molecule has 186 valence electrons. The highest BCUT2D eigenvalue weighted by atomic mass is 16.5. The van der Waals surface area contributed by atoms with Gasteiger partial charge in [-0.05, 0) is 38.1 Å². The SMILES string of the molecule is C[C@@H]1CN([C@H](C)CO)C(=O)c2cc(C#Cc3ccccn3)cnc2O[C@@H]1CN(C)Cc1cncnc1. The summed E-state index contributed by atoms with van der Waals surface area (Å²) in [5.74, 6) is 6.06. The first-order valence-corrected chi connectivity index (χ1v) is 11.9. The standard InChI is InChI=1S/C27H30N6O3/c1-19-14-33(20(2)17-34)27(35)24-10-21(7-8-23-6-4-5-9-30-23)13-31-26(24)36-25(19)16-32(3)15-22-11-28-18-29-12-22/h4-6,9-13,18-20,25,34H,14-17H2,1-3H3/t19-,20-,25-/m1/s1. The van der Waals surface area contributed by atoms with Gasteiger partial charge >= 0.3 is 0 Å². The normalized spacial score (nSPS) is 18.4. The van der Waals surface area contributed by atoms with E-state index < -0.39 is 0 Å². The van der Waals surface area contributed by atoms with Crippen LogP contribution in [0.2, 0.25) is 0 Å².